The smallest absolute Gasteiger partial charge is 0.257 e. The van der Waals surface area contributed by atoms with Crippen molar-refractivity contribution in [2.24, 2.45) is 0 Å². The molecule has 1 aromatic heterocycles. The van der Waals surface area contributed by atoms with Gasteiger partial charge in [0, 0.05) is 28.6 Å². The molecule has 1 amide bonds. The minimum atomic E-state index is -3.58. The van der Waals surface area contributed by atoms with Crippen molar-refractivity contribution in [1.82, 2.24) is 9.29 Å². The number of hydrogen-bond donors (Lipinski definition) is 1. The van der Waals surface area contributed by atoms with Crippen LogP contribution in [0.5, 0.6) is 5.75 Å². The number of sulfonamides is 1. The third-order valence-corrected chi connectivity index (χ3v) is 9.00. The van der Waals surface area contributed by atoms with Crippen molar-refractivity contribution in [2.75, 3.05) is 19.0 Å². The summed E-state index contributed by atoms with van der Waals surface area (Å²) in [6, 6.07) is 13.8. The lowest BCUT2D eigenvalue weighted by Gasteiger charge is -2.34. The largest absolute Gasteiger partial charge is 0.497 e. The zero-order chi connectivity index (χ0) is 24.3. The topological polar surface area (TPSA) is 88.6 Å². The average Bonchev–Trinajstić information content (AvgIpc) is 3.23. The van der Waals surface area contributed by atoms with Crippen molar-refractivity contribution in [3.05, 3.63) is 59.0 Å². The number of rotatable bonds is 7. The van der Waals surface area contributed by atoms with E-state index in [1.165, 1.54) is 23.5 Å². The highest BCUT2D eigenvalue weighted by Crippen LogP contribution is 2.32. The van der Waals surface area contributed by atoms with Crippen LogP contribution in [0, 0.1) is 6.92 Å². The lowest BCUT2D eigenvalue weighted by Crippen LogP contribution is -2.43. The first-order valence-corrected chi connectivity index (χ1v) is 13.6. The Labute approximate surface area is 204 Å². The summed E-state index contributed by atoms with van der Waals surface area (Å²) in [6.45, 7) is 4.52. The Bertz CT molecular complexity index is 1250. The van der Waals surface area contributed by atoms with Crippen LogP contribution in [0.2, 0.25) is 0 Å². The number of anilines is 1. The maximum absolute atomic E-state index is 13.2. The van der Waals surface area contributed by atoms with E-state index in [0.29, 0.717) is 17.2 Å². The number of carbonyl (C=O) groups excluding carboxylic acids is 1. The van der Waals surface area contributed by atoms with Crippen molar-refractivity contribution in [3.8, 4) is 17.0 Å². The van der Waals surface area contributed by atoms with Crippen LogP contribution in [0.1, 0.15) is 47.8 Å². The molecule has 180 valence electrons. The summed E-state index contributed by atoms with van der Waals surface area (Å²) in [5.41, 5.74) is 2.12. The molecule has 1 unspecified atom stereocenters. The molecule has 4 rings (SSSR count). The number of methoxy groups -OCH3 is 1. The predicted molar refractivity (Wildman–Crippen MR) is 135 cm³/mol. The number of ether oxygens (including phenoxy) is 1. The van der Waals surface area contributed by atoms with Crippen LogP contribution in [0.25, 0.3) is 11.3 Å². The molecule has 0 bridgehead atoms. The van der Waals surface area contributed by atoms with E-state index in [1.807, 2.05) is 38.1 Å². The highest BCUT2D eigenvalue weighted by molar-refractivity contribution is 7.89. The molecule has 34 heavy (non-hydrogen) atoms. The zero-order valence-electron chi connectivity index (χ0n) is 19.6. The summed E-state index contributed by atoms with van der Waals surface area (Å²) in [5, 5.41) is 3.32. The van der Waals surface area contributed by atoms with Gasteiger partial charge in [0.1, 0.15) is 5.75 Å². The first kappa shape index (κ1) is 24.4. The summed E-state index contributed by atoms with van der Waals surface area (Å²) >= 11 is 1.39. The number of benzene rings is 2. The second-order valence-corrected chi connectivity index (χ2v) is 11.4. The first-order chi connectivity index (χ1) is 16.3. The molecule has 1 saturated heterocycles. The second kappa shape index (κ2) is 10.2. The van der Waals surface area contributed by atoms with Gasteiger partial charge in [0.15, 0.2) is 5.13 Å². The summed E-state index contributed by atoms with van der Waals surface area (Å²) in [7, 11) is -1.96. The molecule has 1 aliphatic rings. The standard InChI is InChI=1S/C25H29N3O4S2/c1-4-20-7-5-6-16-28(20)34(30,31)22-14-10-19(11-15-22)24(29)27-25-26-23(17(2)33-25)18-8-12-21(32-3)13-9-18/h8-15,20H,4-7,16H2,1-3H3,(H,26,27,29). The molecule has 0 radical (unpaired) electrons. The van der Waals surface area contributed by atoms with Crippen molar-refractivity contribution >= 4 is 32.4 Å². The van der Waals surface area contributed by atoms with Gasteiger partial charge < -0.3 is 4.74 Å². The second-order valence-electron chi connectivity index (χ2n) is 8.30. The Morgan fingerprint density at radius 3 is 2.50 bits per heavy atom. The summed E-state index contributed by atoms with van der Waals surface area (Å²) in [5.74, 6) is 0.435. The number of aromatic nitrogens is 1. The van der Waals surface area contributed by atoms with E-state index < -0.39 is 10.0 Å². The van der Waals surface area contributed by atoms with E-state index in [-0.39, 0.29) is 16.8 Å². The van der Waals surface area contributed by atoms with Crippen molar-refractivity contribution in [2.45, 2.75) is 50.5 Å². The molecule has 1 aliphatic heterocycles. The van der Waals surface area contributed by atoms with Crippen LogP contribution in [-0.4, -0.2) is 43.3 Å². The third kappa shape index (κ3) is 5.01. The lowest BCUT2D eigenvalue weighted by molar-refractivity contribution is 0.102. The summed E-state index contributed by atoms with van der Waals surface area (Å²) < 4.78 is 33.1. The Balaban J connectivity index is 1.48. The van der Waals surface area contributed by atoms with Gasteiger partial charge in [-0.3, -0.25) is 10.1 Å². The van der Waals surface area contributed by atoms with E-state index in [1.54, 1.807) is 23.5 Å². The first-order valence-electron chi connectivity index (χ1n) is 11.4. The van der Waals surface area contributed by atoms with Crippen LogP contribution < -0.4 is 10.1 Å². The maximum Gasteiger partial charge on any atom is 0.257 e. The molecule has 1 N–H and O–H groups in total. The van der Waals surface area contributed by atoms with Crippen molar-refractivity contribution in [3.63, 3.8) is 0 Å². The van der Waals surface area contributed by atoms with Gasteiger partial charge in [0.05, 0.1) is 17.7 Å². The van der Waals surface area contributed by atoms with Gasteiger partial charge in [-0.05, 0) is 74.7 Å². The van der Waals surface area contributed by atoms with Crippen LogP contribution in [-0.2, 0) is 10.0 Å². The molecular formula is C25H29N3O4S2. The van der Waals surface area contributed by atoms with Gasteiger partial charge in [0.25, 0.3) is 5.91 Å². The van der Waals surface area contributed by atoms with Gasteiger partial charge in [-0.15, -0.1) is 11.3 Å². The fourth-order valence-electron chi connectivity index (χ4n) is 4.25. The van der Waals surface area contributed by atoms with E-state index >= 15 is 0 Å². The number of nitrogens with one attached hydrogen (secondary N) is 1. The van der Waals surface area contributed by atoms with Crippen LogP contribution in [0.3, 0.4) is 0 Å². The highest BCUT2D eigenvalue weighted by atomic mass is 32.2. The Morgan fingerprint density at radius 1 is 1.15 bits per heavy atom. The van der Waals surface area contributed by atoms with E-state index in [0.717, 1.165) is 47.6 Å². The number of carbonyl (C=O) groups is 1. The number of hydrogen-bond acceptors (Lipinski definition) is 6. The molecule has 2 aromatic carbocycles. The fraction of sp³-hybridized carbons (Fsp3) is 0.360. The predicted octanol–water partition coefficient (Wildman–Crippen LogP) is 5.33. The molecule has 1 fully saturated rings. The summed E-state index contributed by atoms with van der Waals surface area (Å²) in [6.07, 6.45) is 3.62. The molecule has 1 atom stereocenters. The third-order valence-electron chi connectivity index (χ3n) is 6.15. The Kier molecular flexibility index (Phi) is 7.35. The molecule has 0 aliphatic carbocycles. The molecule has 0 spiro atoms. The minimum Gasteiger partial charge on any atom is -0.497 e. The molecule has 7 nitrogen and oxygen atoms in total. The van der Waals surface area contributed by atoms with Crippen LogP contribution in [0.15, 0.2) is 53.4 Å². The van der Waals surface area contributed by atoms with Crippen molar-refractivity contribution in [1.29, 1.82) is 0 Å². The van der Waals surface area contributed by atoms with E-state index in [2.05, 4.69) is 10.3 Å². The van der Waals surface area contributed by atoms with Gasteiger partial charge in [-0.2, -0.15) is 4.31 Å². The normalized spacial score (nSPS) is 16.9. The number of aryl methyl sites for hydroxylation is 1. The fourth-order valence-corrected chi connectivity index (χ4v) is 6.85. The Morgan fingerprint density at radius 2 is 1.85 bits per heavy atom. The molecule has 0 saturated carbocycles. The lowest BCUT2D eigenvalue weighted by atomic mass is 10.0. The monoisotopic (exact) mass is 499 g/mol. The van der Waals surface area contributed by atoms with Gasteiger partial charge in [0.2, 0.25) is 10.0 Å². The van der Waals surface area contributed by atoms with Gasteiger partial charge in [-0.25, -0.2) is 13.4 Å². The number of amides is 1. The average molecular weight is 500 g/mol. The minimum absolute atomic E-state index is 0.0368. The maximum atomic E-state index is 13.2. The quantitative estimate of drug-likeness (QED) is 0.474. The number of thiazole rings is 1. The van der Waals surface area contributed by atoms with E-state index in [4.69, 9.17) is 4.74 Å². The molecular weight excluding hydrogens is 470 g/mol. The Hall–Kier alpha value is -2.75. The molecule has 9 heteroatoms. The SMILES string of the molecule is CCC1CCCCN1S(=O)(=O)c1ccc(C(=O)Nc2nc(-c3ccc(OC)cc3)c(C)s2)cc1. The molecule has 3 aromatic rings. The zero-order valence-corrected chi connectivity index (χ0v) is 21.2. The van der Waals surface area contributed by atoms with Crippen LogP contribution >= 0.6 is 11.3 Å². The van der Waals surface area contributed by atoms with E-state index in [9.17, 15) is 13.2 Å². The number of nitrogens with zero attached hydrogens (tertiary/aromatic N) is 2. The van der Waals surface area contributed by atoms with Gasteiger partial charge in [-0.1, -0.05) is 13.3 Å². The summed E-state index contributed by atoms with van der Waals surface area (Å²) in [4.78, 5) is 18.6. The van der Waals surface area contributed by atoms with Crippen LogP contribution in [0.4, 0.5) is 5.13 Å². The van der Waals surface area contributed by atoms with Crippen molar-refractivity contribution < 1.29 is 17.9 Å². The highest BCUT2D eigenvalue weighted by Gasteiger charge is 2.32. The molecule has 2 heterocycles. The van der Waals surface area contributed by atoms with Gasteiger partial charge >= 0.3 is 0 Å². The number of piperidine rings is 1.